The fourth-order valence-electron chi connectivity index (χ4n) is 2.53. The molecule has 4 aromatic rings. The zero-order valence-corrected chi connectivity index (χ0v) is 13.6. The fourth-order valence-corrected chi connectivity index (χ4v) is 2.53. The average molecular weight is 331 g/mol. The van der Waals surface area contributed by atoms with Gasteiger partial charge in [0, 0.05) is 11.8 Å². The molecule has 0 aliphatic carbocycles. The second kappa shape index (κ2) is 5.83. The minimum absolute atomic E-state index is 0.218. The summed E-state index contributed by atoms with van der Waals surface area (Å²) < 4.78 is 11.0. The molecule has 0 aliphatic rings. The Hall–Kier alpha value is -3.53. The Bertz CT molecular complexity index is 1090. The van der Waals surface area contributed by atoms with Crippen LogP contribution in [0.3, 0.4) is 0 Å². The van der Waals surface area contributed by atoms with Crippen molar-refractivity contribution in [3.8, 4) is 29.0 Å². The van der Waals surface area contributed by atoms with Gasteiger partial charge in [0.1, 0.15) is 0 Å². The third kappa shape index (κ3) is 2.64. The molecule has 3 heterocycles. The van der Waals surface area contributed by atoms with E-state index in [2.05, 4.69) is 26.4 Å². The van der Waals surface area contributed by atoms with Gasteiger partial charge >= 0.3 is 0 Å². The van der Waals surface area contributed by atoms with Crippen LogP contribution in [-0.2, 0) is 0 Å². The first-order valence-electron chi connectivity index (χ1n) is 7.75. The van der Waals surface area contributed by atoms with E-state index in [1.165, 1.54) is 0 Å². The van der Waals surface area contributed by atoms with Crippen molar-refractivity contribution in [1.29, 1.82) is 5.26 Å². The smallest absolute Gasteiger partial charge is 0.257 e. The van der Waals surface area contributed by atoms with Gasteiger partial charge in [-0.3, -0.25) is 0 Å². The van der Waals surface area contributed by atoms with Gasteiger partial charge in [0.25, 0.3) is 5.71 Å². The molecule has 0 N–H and O–H groups in total. The van der Waals surface area contributed by atoms with Crippen molar-refractivity contribution < 1.29 is 8.94 Å². The first kappa shape index (κ1) is 15.0. The summed E-state index contributed by atoms with van der Waals surface area (Å²) in [5, 5.41) is 21.9. The topological polar surface area (TPSA) is 102 Å². The first-order valence-corrected chi connectivity index (χ1v) is 7.75. The summed E-state index contributed by atoms with van der Waals surface area (Å²) in [4.78, 5) is 4.27. The van der Waals surface area contributed by atoms with E-state index in [1.807, 2.05) is 19.9 Å². The highest BCUT2D eigenvalue weighted by atomic mass is 16.5. The van der Waals surface area contributed by atoms with Gasteiger partial charge in [-0.25, -0.2) is 4.98 Å². The van der Waals surface area contributed by atoms with Crippen LogP contribution in [0.1, 0.15) is 31.0 Å². The second-order valence-corrected chi connectivity index (χ2v) is 5.90. The molecule has 0 spiro atoms. The van der Waals surface area contributed by atoms with E-state index in [4.69, 9.17) is 14.2 Å². The molecule has 7 heteroatoms. The fraction of sp³-hybridized carbons (Fsp3) is 0.167. The predicted molar refractivity (Wildman–Crippen MR) is 89.3 cm³/mol. The number of nitriles is 1. The Kier molecular flexibility index (Phi) is 3.51. The number of nitrogens with zero attached hydrogens (tertiary/aromatic N) is 5. The zero-order valence-electron chi connectivity index (χ0n) is 13.6. The van der Waals surface area contributed by atoms with Gasteiger partial charge in [-0.05, 0) is 36.2 Å². The summed E-state index contributed by atoms with van der Waals surface area (Å²) in [6, 6.07) is 10.9. The Labute approximate surface area is 142 Å². The summed E-state index contributed by atoms with van der Waals surface area (Å²) in [6.07, 6.45) is 1.62. The van der Waals surface area contributed by atoms with Gasteiger partial charge in [0.15, 0.2) is 0 Å². The van der Waals surface area contributed by atoms with Gasteiger partial charge in [0.05, 0.1) is 28.3 Å². The monoisotopic (exact) mass is 331 g/mol. The molecule has 0 fully saturated rings. The maximum absolute atomic E-state index is 8.86. The number of benzene rings is 1. The molecular formula is C18H13N5O2. The Morgan fingerprint density at radius 3 is 2.44 bits per heavy atom. The summed E-state index contributed by atoms with van der Waals surface area (Å²) in [7, 11) is 0. The van der Waals surface area contributed by atoms with Crippen molar-refractivity contribution in [2.45, 2.75) is 19.8 Å². The third-order valence-electron chi connectivity index (χ3n) is 3.84. The normalized spacial score (nSPS) is 11.1. The molecule has 0 aliphatic heterocycles. The Morgan fingerprint density at radius 2 is 1.76 bits per heavy atom. The molecule has 1 aromatic carbocycles. The number of aromatic nitrogens is 4. The van der Waals surface area contributed by atoms with Crippen LogP contribution in [0.2, 0.25) is 0 Å². The minimum atomic E-state index is 0.218. The largest absolute Gasteiger partial charge is 0.416 e. The quantitative estimate of drug-likeness (QED) is 0.560. The molecule has 0 saturated carbocycles. The Morgan fingerprint density at radius 1 is 1.04 bits per heavy atom. The first-order chi connectivity index (χ1) is 12.2. The highest BCUT2D eigenvalue weighted by Crippen LogP contribution is 2.29. The molecular weight excluding hydrogens is 318 g/mol. The van der Waals surface area contributed by atoms with E-state index in [-0.39, 0.29) is 5.92 Å². The molecule has 0 bridgehead atoms. The summed E-state index contributed by atoms with van der Waals surface area (Å²) in [5.41, 5.74) is 3.35. The number of hydrogen-bond acceptors (Lipinski definition) is 7. The van der Waals surface area contributed by atoms with Gasteiger partial charge in [0.2, 0.25) is 11.8 Å². The van der Waals surface area contributed by atoms with Gasteiger partial charge in [-0.15, -0.1) is 10.2 Å². The highest BCUT2D eigenvalue weighted by Gasteiger charge is 2.16. The molecule has 0 radical (unpaired) electrons. The molecule has 0 amide bonds. The summed E-state index contributed by atoms with van der Waals surface area (Å²) >= 11 is 0. The molecule has 0 saturated heterocycles. The predicted octanol–water partition coefficient (Wildman–Crippen LogP) is 3.93. The number of fused-ring (bicyclic) bond motifs is 1. The molecule has 3 aromatic heterocycles. The third-order valence-corrected chi connectivity index (χ3v) is 3.84. The van der Waals surface area contributed by atoms with Gasteiger partial charge in [-0.2, -0.15) is 5.26 Å². The van der Waals surface area contributed by atoms with Crippen LogP contribution < -0.4 is 0 Å². The van der Waals surface area contributed by atoms with E-state index in [9.17, 15) is 0 Å². The standard InChI is InChI=1S/C18H13N5O2/c1-10(2)15-14-7-13(9-20-18(14)25-23-15)17-22-21-16(24-17)12-5-3-11(8-19)4-6-12/h3-7,9-10H,1-2H3. The molecule has 122 valence electrons. The molecule has 25 heavy (non-hydrogen) atoms. The van der Waals surface area contributed by atoms with Crippen LogP contribution >= 0.6 is 0 Å². The van der Waals surface area contributed by atoms with Crippen molar-refractivity contribution in [3.05, 3.63) is 47.8 Å². The van der Waals surface area contributed by atoms with Gasteiger partial charge < -0.3 is 8.94 Å². The zero-order chi connectivity index (χ0) is 17.4. The van der Waals surface area contributed by atoms with Crippen LogP contribution in [-0.4, -0.2) is 20.3 Å². The maximum atomic E-state index is 8.86. The van der Waals surface area contributed by atoms with Crippen molar-refractivity contribution >= 4 is 11.1 Å². The maximum Gasteiger partial charge on any atom is 0.257 e. The number of hydrogen-bond donors (Lipinski definition) is 0. The van der Waals surface area contributed by atoms with Crippen LogP contribution in [0.15, 0.2) is 45.5 Å². The van der Waals surface area contributed by atoms with Crippen molar-refractivity contribution in [1.82, 2.24) is 20.3 Å². The summed E-state index contributed by atoms with van der Waals surface area (Å²) in [6.45, 7) is 4.08. The van der Waals surface area contributed by atoms with Crippen molar-refractivity contribution in [2.24, 2.45) is 0 Å². The number of pyridine rings is 1. The van der Waals surface area contributed by atoms with Crippen molar-refractivity contribution in [3.63, 3.8) is 0 Å². The van der Waals surface area contributed by atoms with E-state index in [0.717, 1.165) is 16.6 Å². The lowest BCUT2D eigenvalue weighted by molar-refractivity contribution is 0.434. The SMILES string of the molecule is CC(C)c1noc2ncc(-c3nnc(-c4ccc(C#N)cc4)o3)cc12. The van der Waals surface area contributed by atoms with Crippen LogP contribution in [0, 0.1) is 11.3 Å². The second-order valence-electron chi connectivity index (χ2n) is 5.90. The van der Waals surface area contributed by atoms with E-state index >= 15 is 0 Å². The van der Waals surface area contributed by atoms with Gasteiger partial charge in [-0.1, -0.05) is 19.0 Å². The molecule has 7 nitrogen and oxygen atoms in total. The van der Waals surface area contributed by atoms with Crippen LogP contribution in [0.4, 0.5) is 0 Å². The lowest BCUT2D eigenvalue weighted by Crippen LogP contribution is -1.88. The van der Waals surface area contributed by atoms with E-state index in [1.54, 1.807) is 30.5 Å². The lowest BCUT2D eigenvalue weighted by atomic mass is 10.1. The molecule has 0 atom stereocenters. The molecule has 0 unspecified atom stereocenters. The van der Waals surface area contributed by atoms with Crippen LogP contribution in [0.25, 0.3) is 34.0 Å². The lowest BCUT2D eigenvalue weighted by Gasteiger charge is -1.99. The van der Waals surface area contributed by atoms with E-state index in [0.29, 0.717) is 28.6 Å². The minimum Gasteiger partial charge on any atom is -0.416 e. The van der Waals surface area contributed by atoms with Crippen LogP contribution in [0.5, 0.6) is 0 Å². The average Bonchev–Trinajstić information content (AvgIpc) is 3.28. The van der Waals surface area contributed by atoms with E-state index < -0.39 is 0 Å². The highest BCUT2D eigenvalue weighted by molar-refractivity contribution is 5.80. The number of rotatable bonds is 3. The summed E-state index contributed by atoms with van der Waals surface area (Å²) in [5.74, 6) is 0.967. The molecule has 4 rings (SSSR count). The Balaban J connectivity index is 1.73. The van der Waals surface area contributed by atoms with Crippen molar-refractivity contribution in [2.75, 3.05) is 0 Å².